The van der Waals surface area contributed by atoms with Crippen LogP contribution in [0.2, 0.25) is 0 Å². The van der Waals surface area contributed by atoms with Crippen LogP contribution in [0.15, 0.2) is 48.3 Å². The van der Waals surface area contributed by atoms with Gasteiger partial charge in [-0.15, -0.1) is 0 Å². The molecule has 0 spiro atoms. The van der Waals surface area contributed by atoms with Gasteiger partial charge in [-0.1, -0.05) is 30.4 Å². The minimum atomic E-state index is -0.767. The number of hydrogen-bond donors (Lipinski definition) is 2. The van der Waals surface area contributed by atoms with Gasteiger partial charge in [-0.25, -0.2) is 0 Å². The van der Waals surface area contributed by atoms with E-state index in [0.717, 1.165) is 23.6 Å². The molecule has 18 heavy (non-hydrogen) atoms. The number of carboxylic acids is 1. The van der Waals surface area contributed by atoms with E-state index in [1.54, 1.807) is 0 Å². The largest absolute Gasteiger partial charge is 0.481 e. The van der Waals surface area contributed by atoms with Crippen molar-refractivity contribution in [2.45, 2.75) is 5.92 Å². The summed E-state index contributed by atoms with van der Waals surface area (Å²) in [5, 5.41) is 12.6. The predicted molar refractivity (Wildman–Crippen MR) is 69.4 cm³/mol. The van der Waals surface area contributed by atoms with Crippen LogP contribution in [0.5, 0.6) is 0 Å². The zero-order valence-corrected chi connectivity index (χ0v) is 9.84. The van der Waals surface area contributed by atoms with Gasteiger partial charge in [-0.2, -0.15) is 0 Å². The topological polar surface area (TPSA) is 52.6 Å². The molecular formula is C14H14N2O2. The Hall–Kier alpha value is -2.23. The summed E-state index contributed by atoms with van der Waals surface area (Å²) in [5.41, 5.74) is 1.88. The van der Waals surface area contributed by atoms with E-state index < -0.39 is 11.9 Å². The summed E-state index contributed by atoms with van der Waals surface area (Å²) in [5.74, 6) is -0.250. The van der Waals surface area contributed by atoms with E-state index >= 15 is 0 Å². The van der Waals surface area contributed by atoms with E-state index in [1.807, 2.05) is 47.4 Å². The standard InChI is InChI=1S/C14H14N2O2/c17-14(18)11-9-16(13-7-3-4-8-15-13)12-6-2-1-5-10(11)12/h1-7,11,15H,8-9H2,(H,17,18). The summed E-state index contributed by atoms with van der Waals surface area (Å²) < 4.78 is 0. The third-order valence-electron chi connectivity index (χ3n) is 3.35. The van der Waals surface area contributed by atoms with E-state index in [9.17, 15) is 9.90 Å². The van der Waals surface area contributed by atoms with Gasteiger partial charge in [-0.05, 0) is 17.7 Å². The number of nitrogens with zero attached hydrogens (tertiary/aromatic N) is 1. The van der Waals surface area contributed by atoms with Crippen molar-refractivity contribution in [1.29, 1.82) is 0 Å². The van der Waals surface area contributed by atoms with Crippen molar-refractivity contribution in [2.75, 3.05) is 18.0 Å². The van der Waals surface area contributed by atoms with Gasteiger partial charge in [0.1, 0.15) is 11.7 Å². The molecule has 0 fully saturated rings. The summed E-state index contributed by atoms with van der Waals surface area (Å²) in [4.78, 5) is 13.4. The first kappa shape index (κ1) is 10.9. The average Bonchev–Trinajstić information content (AvgIpc) is 2.79. The SMILES string of the molecule is O=C(O)C1CN(C2=CC=CCN2)c2ccccc21. The summed E-state index contributed by atoms with van der Waals surface area (Å²) in [6.45, 7) is 1.27. The lowest BCUT2D eigenvalue weighted by Gasteiger charge is -2.25. The molecule has 3 rings (SSSR count). The van der Waals surface area contributed by atoms with E-state index in [2.05, 4.69) is 5.32 Å². The third kappa shape index (κ3) is 1.66. The van der Waals surface area contributed by atoms with Gasteiger partial charge < -0.3 is 15.3 Å². The molecule has 0 aromatic heterocycles. The summed E-state index contributed by atoms with van der Waals surface area (Å²) in [6, 6.07) is 7.70. The van der Waals surface area contributed by atoms with Crippen molar-refractivity contribution >= 4 is 11.7 Å². The molecule has 92 valence electrons. The number of aliphatic carboxylic acids is 1. The van der Waals surface area contributed by atoms with E-state index in [0.29, 0.717) is 6.54 Å². The molecule has 1 unspecified atom stereocenters. The minimum Gasteiger partial charge on any atom is -0.481 e. The molecule has 2 aliphatic rings. The first-order chi connectivity index (χ1) is 8.77. The third-order valence-corrected chi connectivity index (χ3v) is 3.35. The van der Waals surface area contributed by atoms with E-state index in [4.69, 9.17) is 0 Å². The molecule has 2 N–H and O–H groups in total. The number of carbonyl (C=O) groups is 1. The number of allylic oxidation sites excluding steroid dienone is 2. The Kier molecular flexibility index (Phi) is 2.55. The van der Waals surface area contributed by atoms with Crippen molar-refractivity contribution in [1.82, 2.24) is 5.32 Å². The Morgan fingerprint density at radius 2 is 2.22 bits per heavy atom. The highest BCUT2D eigenvalue weighted by Gasteiger charge is 2.34. The molecule has 0 saturated carbocycles. The fourth-order valence-corrected chi connectivity index (χ4v) is 2.48. The maximum absolute atomic E-state index is 11.3. The quantitative estimate of drug-likeness (QED) is 0.828. The number of hydrogen-bond acceptors (Lipinski definition) is 3. The summed E-state index contributed by atoms with van der Waals surface area (Å²) in [7, 11) is 0. The monoisotopic (exact) mass is 242 g/mol. The second-order valence-electron chi connectivity index (χ2n) is 4.42. The van der Waals surface area contributed by atoms with Crippen molar-refractivity contribution in [3.05, 3.63) is 53.9 Å². The van der Waals surface area contributed by atoms with Crippen molar-refractivity contribution in [3.8, 4) is 0 Å². The number of rotatable bonds is 2. The van der Waals surface area contributed by atoms with Crippen molar-refractivity contribution < 1.29 is 9.90 Å². The lowest BCUT2D eigenvalue weighted by molar-refractivity contribution is -0.138. The van der Waals surface area contributed by atoms with Crippen LogP contribution in [-0.2, 0) is 4.79 Å². The van der Waals surface area contributed by atoms with Crippen LogP contribution >= 0.6 is 0 Å². The van der Waals surface area contributed by atoms with Crippen LogP contribution in [0.1, 0.15) is 11.5 Å². The Morgan fingerprint density at radius 3 is 2.94 bits per heavy atom. The molecule has 2 heterocycles. The highest BCUT2D eigenvalue weighted by molar-refractivity contribution is 5.83. The van der Waals surface area contributed by atoms with Crippen LogP contribution in [0.4, 0.5) is 5.69 Å². The van der Waals surface area contributed by atoms with Crippen LogP contribution in [0.25, 0.3) is 0 Å². The van der Waals surface area contributed by atoms with Gasteiger partial charge in [0.25, 0.3) is 0 Å². The molecule has 0 saturated heterocycles. The highest BCUT2D eigenvalue weighted by atomic mass is 16.4. The van der Waals surface area contributed by atoms with Crippen molar-refractivity contribution in [3.63, 3.8) is 0 Å². The maximum Gasteiger partial charge on any atom is 0.312 e. The van der Waals surface area contributed by atoms with Gasteiger partial charge >= 0.3 is 5.97 Å². The molecule has 1 atom stereocenters. The Morgan fingerprint density at radius 1 is 1.39 bits per heavy atom. The lowest BCUT2D eigenvalue weighted by Crippen LogP contribution is -2.33. The molecule has 0 bridgehead atoms. The number of dihydropyridines is 1. The van der Waals surface area contributed by atoms with Gasteiger partial charge in [-0.3, -0.25) is 4.79 Å². The number of para-hydroxylation sites is 1. The van der Waals surface area contributed by atoms with Crippen LogP contribution < -0.4 is 10.2 Å². The Labute approximate surface area is 105 Å². The first-order valence-electron chi connectivity index (χ1n) is 5.97. The van der Waals surface area contributed by atoms with Gasteiger partial charge in [0.15, 0.2) is 0 Å². The predicted octanol–water partition coefficient (Wildman–Crippen LogP) is 1.68. The fourth-order valence-electron chi connectivity index (χ4n) is 2.48. The normalized spacial score (nSPS) is 21.2. The van der Waals surface area contributed by atoms with E-state index in [1.165, 1.54) is 0 Å². The first-order valence-corrected chi connectivity index (χ1v) is 5.97. The molecule has 1 aromatic carbocycles. The highest BCUT2D eigenvalue weighted by Crippen LogP contribution is 2.38. The number of fused-ring (bicyclic) bond motifs is 1. The van der Waals surface area contributed by atoms with Gasteiger partial charge in [0.2, 0.25) is 0 Å². The molecule has 4 nitrogen and oxygen atoms in total. The second-order valence-corrected chi connectivity index (χ2v) is 4.42. The maximum atomic E-state index is 11.3. The van der Waals surface area contributed by atoms with Gasteiger partial charge in [0.05, 0.1) is 0 Å². The molecule has 0 radical (unpaired) electrons. The molecule has 0 aliphatic carbocycles. The van der Waals surface area contributed by atoms with Crippen molar-refractivity contribution in [2.24, 2.45) is 0 Å². The molecule has 2 aliphatic heterocycles. The molecule has 4 heteroatoms. The van der Waals surface area contributed by atoms with Crippen LogP contribution in [0.3, 0.4) is 0 Å². The second kappa shape index (κ2) is 4.22. The zero-order chi connectivity index (χ0) is 12.5. The number of carboxylic acid groups (broad SMARTS) is 1. The zero-order valence-electron chi connectivity index (χ0n) is 9.84. The minimum absolute atomic E-state index is 0.449. The summed E-state index contributed by atoms with van der Waals surface area (Å²) >= 11 is 0. The molecular weight excluding hydrogens is 228 g/mol. The smallest absolute Gasteiger partial charge is 0.312 e. The molecule has 0 amide bonds. The number of nitrogens with one attached hydrogen (secondary N) is 1. The Bertz CT molecular complexity index is 548. The molecule has 1 aromatic rings. The van der Waals surface area contributed by atoms with Gasteiger partial charge in [0, 0.05) is 18.8 Å². The number of benzene rings is 1. The summed E-state index contributed by atoms with van der Waals surface area (Å²) in [6.07, 6.45) is 5.99. The van der Waals surface area contributed by atoms with Crippen LogP contribution in [0, 0.1) is 0 Å². The fraction of sp³-hybridized carbons (Fsp3) is 0.214. The van der Waals surface area contributed by atoms with E-state index in [-0.39, 0.29) is 0 Å². The average molecular weight is 242 g/mol. The Balaban J connectivity index is 2.01. The van der Waals surface area contributed by atoms with Crippen LogP contribution in [-0.4, -0.2) is 24.2 Å². The number of anilines is 1. The lowest BCUT2D eigenvalue weighted by atomic mass is 10.0.